The van der Waals surface area contributed by atoms with Gasteiger partial charge in [0.15, 0.2) is 0 Å². The first kappa shape index (κ1) is 20.7. The molecule has 0 N–H and O–H groups in total. The molecule has 1 unspecified atom stereocenters. The predicted octanol–water partition coefficient (Wildman–Crippen LogP) is 3.48. The van der Waals surface area contributed by atoms with Crippen LogP contribution in [0, 0.1) is 0 Å². The van der Waals surface area contributed by atoms with Gasteiger partial charge in [0, 0.05) is 30.1 Å². The van der Waals surface area contributed by atoms with E-state index >= 15 is 0 Å². The maximum atomic E-state index is 12.3. The average Bonchev–Trinajstić information content (AvgIpc) is 3.11. The summed E-state index contributed by atoms with van der Waals surface area (Å²) in [6.07, 6.45) is 0.783. The van der Waals surface area contributed by atoms with Gasteiger partial charge in [-0.3, -0.25) is 4.68 Å². The van der Waals surface area contributed by atoms with E-state index in [1.807, 2.05) is 40.8 Å². The number of aromatic nitrogens is 3. The Balaban J connectivity index is 1.78. The van der Waals surface area contributed by atoms with E-state index in [2.05, 4.69) is 14.8 Å². The highest BCUT2D eigenvalue weighted by molar-refractivity contribution is 6.62. The zero-order valence-electron chi connectivity index (χ0n) is 16.4. The number of nitrogens with zero attached hydrogens (tertiary/aromatic N) is 3. The molecule has 1 fully saturated rings. The number of pyridine rings is 1. The molecule has 0 amide bonds. The van der Waals surface area contributed by atoms with Crippen molar-refractivity contribution in [2.24, 2.45) is 0 Å². The number of hydrogen-bond acceptors (Lipinski definition) is 5. The number of halogens is 3. The van der Waals surface area contributed by atoms with Gasteiger partial charge in [-0.2, -0.15) is 5.10 Å². The van der Waals surface area contributed by atoms with Crippen LogP contribution < -0.4 is 10.2 Å². The molecule has 28 heavy (non-hydrogen) atoms. The van der Waals surface area contributed by atoms with Crippen LogP contribution in [0.15, 0.2) is 30.7 Å². The SMILES string of the molecule is CCC(c1ccc(OC(F)(F)F)nc1)n1cc(B2OC(C)(C)C(C)(C)O2)cn1. The van der Waals surface area contributed by atoms with Gasteiger partial charge in [-0.05, 0) is 45.7 Å². The summed E-state index contributed by atoms with van der Waals surface area (Å²) in [6, 6.07) is 2.56. The Kier molecular flexibility index (Phi) is 5.22. The summed E-state index contributed by atoms with van der Waals surface area (Å²) in [4.78, 5) is 3.75. The maximum absolute atomic E-state index is 12.3. The van der Waals surface area contributed by atoms with Gasteiger partial charge in [-0.15, -0.1) is 13.2 Å². The monoisotopic (exact) mass is 397 g/mol. The normalized spacial score (nSPS) is 19.6. The first-order valence-electron chi connectivity index (χ1n) is 9.03. The first-order valence-corrected chi connectivity index (χ1v) is 9.03. The Morgan fingerprint density at radius 1 is 1.14 bits per heavy atom. The van der Waals surface area contributed by atoms with E-state index in [0.29, 0.717) is 6.42 Å². The zero-order valence-corrected chi connectivity index (χ0v) is 16.4. The molecule has 2 aromatic rings. The van der Waals surface area contributed by atoms with E-state index in [1.54, 1.807) is 16.9 Å². The van der Waals surface area contributed by atoms with Crippen LogP contribution in [0.4, 0.5) is 13.2 Å². The van der Waals surface area contributed by atoms with Crippen molar-refractivity contribution >= 4 is 12.6 Å². The lowest BCUT2D eigenvalue weighted by molar-refractivity contribution is -0.276. The molecule has 1 aliphatic heterocycles. The zero-order chi connectivity index (χ0) is 20.7. The van der Waals surface area contributed by atoms with Crippen LogP contribution >= 0.6 is 0 Å². The third kappa shape index (κ3) is 4.17. The van der Waals surface area contributed by atoms with Gasteiger partial charge in [-0.25, -0.2) is 4.98 Å². The molecule has 0 bridgehead atoms. The fourth-order valence-electron chi connectivity index (χ4n) is 2.97. The molecule has 3 rings (SSSR count). The topological polar surface area (TPSA) is 58.4 Å². The summed E-state index contributed by atoms with van der Waals surface area (Å²) in [5.41, 5.74) is 0.590. The van der Waals surface area contributed by atoms with Crippen LogP contribution in [0.1, 0.15) is 52.6 Å². The van der Waals surface area contributed by atoms with E-state index in [9.17, 15) is 13.2 Å². The Morgan fingerprint density at radius 3 is 2.29 bits per heavy atom. The van der Waals surface area contributed by atoms with Gasteiger partial charge in [0.25, 0.3) is 0 Å². The van der Waals surface area contributed by atoms with Gasteiger partial charge in [0.1, 0.15) is 0 Å². The highest BCUT2D eigenvalue weighted by Crippen LogP contribution is 2.36. The Labute approximate surface area is 162 Å². The van der Waals surface area contributed by atoms with Crippen molar-refractivity contribution in [3.63, 3.8) is 0 Å². The van der Waals surface area contributed by atoms with Crippen LogP contribution in [0.25, 0.3) is 0 Å². The van der Waals surface area contributed by atoms with Gasteiger partial charge >= 0.3 is 13.5 Å². The summed E-state index contributed by atoms with van der Waals surface area (Å²) in [6.45, 7) is 9.86. The van der Waals surface area contributed by atoms with Crippen molar-refractivity contribution in [1.82, 2.24) is 14.8 Å². The van der Waals surface area contributed by atoms with Crippen molar-refractivity contribution in [3.05, 3.63) is 36.3 Å². The molecule has 1 atom stereocenters. The number of alkyl halides is 3. The summed E-state index contributed by atoms with van der Waals surface area (Å²) in [5, 5.41) is 4.40. The van der Waals surface area contributed by atoms with Crippen molar-refractivity contribution in [1.29, 1.82) is 0 Å². The molecule has 10 heteroatoms. The predicted molar refractivity (Wildman–Crippen MR) is 97.3 cm³/mol. The third-order valence-corrected chi connectivity index (χ3v) is 5.22. The third-order valence-electron chi connectivity index (χ3n) is 5.22. The second-order valence-corrected chi connectivity index (χ2v) is 7.74. The Morgan fingerprint density at radius 2 is 1.79 bits per heavy atom. The Bertz CT molecular complexity index is 805. The average molecular weight is 397 g/mol. The number of hydrogen-bond donors (Lipinski definition) is 0. The van der Waals surface area contributed by atoms with E-state index < -0.39 is 30.6 Å². The van der Waals surface area contributed by atoms with Gasteiger partial charge in [0.05, 0.1) is 17.2 Å². The van der Waals surface area contributed by atoms with Gasteiger partial charge < -0.3 is 14.0 Å². The van der Waals surface area contributed by atoms with Crippen LogP contribution in [-0.2, 0) is 9.31 Å². The van der Waals surface area contributed by atoms with Crippen molar-refractivity contribution in [2.75, 3.05) is 0 Å². The highest BCUT2D eigenvalue weighted by Gasteiger charge is 2.52. The van der Waals surface area contributed by atoms with E-state index in [4.69, 9.17) is 9.31 Å². The molecule has 0 aliphatic carbocycles. The molecule has 0 aromatic carbocycles. The quantitative estimate of drug-likeness (QED) is 0.724. The van der Waals surface area contributed by atoms with E-state index in [0.717, 1.165) is 11.0 Å². The second kappa shape index (κ2) is 7.07. The highest BCUT2D eigenvalue weighted by atomic mass is 19.4. The van der Waals surface area contributed by atoms with E-state index in [-0.39, 0.29) is 6.04 Å². The molecule has 152 valence electrons. The summed E-state index contributed by atoms with van der Waals surface area (Å²) < 4.78 is 54.5. The lowest BCUT2D eigenvalue weighted by Gasteiger charge is -2.32. The molecule has 1 saturated heterocycles. The lowest BCUT2D eigenvalue weighted by Crippen LogP contribution is -2.41. The van der Waals surface area contributed by atoms with Crippen LogP contribution in [0.3, 0.4) is 0 Å². The molecule has 0 spiro atoms. The van der Waals surface area contributed by atoms with Gasteiger partial charge in [-0.1, -0.05) is 6.92 Å². The number of ether oxygens (including phenoxy) is 1. The molecular weight excluding hydrogens is 374 g/mol. The minimum Gasteiger partial charge on any atom is -0.399 e. The molecule has 2 aromatic heterocycles. The number of rotatable bonds is 5. The van der Waals surface area contributed by atoms with Gasteiger partial charge in [0.2, 0.25) is 5.88 Å². The minimum absolute atomic E-state index is 0.191. The van der Waals surface area contributed by atoms with Crippen LogP contribution in [-0.4, -0.2) is 39.4 Å². The molecular formula is C18H23BF3N3O3. The van der Waals surface area contributed by atoms with Crippen LogP contribution in [0.2, 0.25) is 0 Å². The maximum Gasteiger partial charge on any atom is 0.574 e. The largest absolute Gasteiger partial charge is 0.574 e. The van der Waals surface area contributed by atoms with Crippen molar-refractivity contribution < 1.29 is 27.2 Å². The molecule has 0 saturated carbocycles. The summed E-state index contributed by atoms with van der Waals surface area (Å²) in [5.74, 6) is -0.496. The molecule has 3 heterocycles. The van der Waals surface area contributed by atoms with Crippen LogP contribution in [0.5, 0.6) is 5.88 Å². The first-order chi connectivity index (χ1) is 12.9. The fraction of sp³-hybridized carbons (Fsp3) is 0.556. The smallest absolute Gasteiger partial charge is 0.399 e. The van der Waals surface area contributed by atoms with Crippen molar-refractivity contribution in [3.8, 4) is 5.88 Å². The second-order valence-electron chi connectivity index (χ2n) is 7.74. The molecule has 0 radical (unpaired) electrons. The minimum atomic E-state index is -4.77. The molecule has 6 nitrogen and oxygen atoms in total. The summed E-state index contributed by atoms with van der Waals surface area (Å²) in [7, 11) is -0.531. The summed E-state index contributed by atoms with van der Waals surface area (Å²) >= 11 is 0. The lowest BCUT2D eigenvalue weighted by atomic mass is 9.82. The standard InChI is InChI=1S/C18H23BF3N3O3/c1-6-14(12-7-8-15(23-9-12)26-18(20,21)22)25-11-13(10-24-25)19-27-16(2,3)17(4,5)28-19/h7-11,14H,6H2,1-5H3. The Hall–Kier alpha value is -2.07. The van der Waals surface area contributed by atoms with E-state index in [1.165, 1.54) is 12.3 Å². The van der Waals surface area contributed by atoms with Crippen molar-refractivity contribution in [2.45, 2.75) is 64.6 Å². The fourth-order valence-corrected chi connectivity index (χ4v) is 2.97. The molecule has 1 aliphatic rings.